The van der Waals surface area contributed by atoms with E-state index in [-0.39, 0.29) is 5.63 Å². The Morgan fingerprint density at radius 1 is 0.429 bits per heavy atom. The van der Waals surface area contributed by atoms with Gasteiger partial charge < -0.3 is 13.4 Å². The molecule has 0 atom stereocenters. The van der Waals surface area contributed by atoms with E-state index >= 15 is 0 Å². The molecule has 230 valence electrons. The molecule has 3 heterocycles. The molecule has 49 heavy (non-hydrogen) atoms. The molecule has 0 radical (unpaired) electrons. The van der Waals surface area contributed by atoms with Crippen LogP contribution >= 0.6 is 0 Å². The third-order valence-electron chi connectivity index (χ3n) is 9.67. The fourth-order valence-electron chi connectivity index (χ4n) is 7.35. The van der Waals surface area contributed by atoms with Crippen LogP contribution < -0.4 is 5.63 Å². The lowest BCUT2D eigenvalue weighted by molar-refractivity contribution is 0.570. The predicted octanol–water partition coefficient (Wildman–Crippen LogP) is 11.8. The van der Waals surface area contributed by atoms with Gasteiger partial charge in [-0.25, -0.2) is 4.79 Å². The van der Waals surface area contributed by atoms with Gasteiger partial charge >= 0.3 is 5.63 Å². The molecule has 0 aliphatic heterocycles. The molecule has 0 bridgehead atoms. The first-order valence-corrected chi connectivity index (χ1v) is 16.4. The maximum Gasteiger partial charge on any atom is 0.344 e. The molecule has 4 nitrogen and oxygen atoms in total. The first-order valence-electron chi connectivity index (χ1n) is 16.4. The monoisotopic (exact) mass is 629 g/mol. The molecule has 0 N–H and O–H groups in total. The Labute approximate surface area is 280 Å². The Bertz CT molecular complexity index is 2950. The molecule has 0 unspecified atom stereocenters. The number of aromatic nitrogens is 1. The third kappa shape index (κ3) is 4.35. The van der Waals surface area contributed by atoms with Crippen LogP contribution in [0.4, 0.5) is 0 Å². The van der Waals surface area contributed by atoms with Crippen molar-refractivity contribution in [2.24, 2.45) is 0 Å². The predicted molar refractivity (Wildman–Crippen MR) is 200 cm³/mol. The summed E-state index contributed by atoms with van der Waals surface area (Å²) in [7, 11) is 0. The highest BCUT2D eigenvalue weighted by molar-refractivity contribution is 6.13. The summed E-state index contributed by atoms with van der Waals surface area (Å²) in [5.74, 6) is 0. The number of para-hydroxylation sites is 3. The molecule has 0 saturated carbocycles. The van der Waals surface area contributed by atoms with Crippen LogP contribution in [0.1, 0.15) is 0 Å². The molecule has 0 saturated heterocycles. The lowest BCUT2D eigenvalue weighted by atomic mass is 9.96. The number of furan rings is 1. The van der Waals surface area contributed by atoms with Crippen molar-refractivity contribution in [1.82, 2.24) is 4.57 Å². The lowest BCUT2D eigenvalue weighted by Gasteiger charge is -2.12. The van der Waals surface area contributed by atoms with Crippen molar-refractivity contribution in [1.29, 1.82) is 0 Å². The Balaban J connectivity index is 1.04. The number of hydrogen-bond acceptors (Lipinski definition) is 3. The molecule has 7 aromatic carbocycles. The van der Waals surface area contributed by atoms with Crippen molar-refractivity contribution in [3.05, 3.63) is 174 Å². The van der Waals surface area contributed by atoms with E-state index in [1.165, 1.54) is 10.9 Å². The van der Waals surface area contributed by atoms with Gasteiger partial charge in [0.1, 0.15) is 16.7 Å². The van der Waals surface area contributed by atoms with E-state index in [0.717, 1.165) is 71.9 Å². The van der Waals surface area contributed by atoms with Gasteiger partial charge in [0.05, 0.1) is 16.6 Å². The SMILES string of the molecule is O=c1oc2cc(-c3ccc(-c4cc5ccccc5n4-c4ccccc4)cc3)ccc2c2ccc(-c3cccc4oc5ccccc5c34)cc12. The lowest BCUT2D eigenvalue weighted by Crippen LogP contribution is -2.00. The van der Waals surface area contributed by atoms with E-state index in [0.29, 0.717) is 11.0 Å². The van der Waals surface area contributed by atoms with E-state index in [9.17, 15) is 4.79 Å². The second-order valence-corrected chi connectivity index (χ2v) is 12.5. The van der Waals surface area contributed by atoms with Crippen LogP contribution in [0.2, 0.25) is 0 Å². The fourth-order valence-corrected chi connectivity index (χ4v) is 7.35. The molecule has 10 aromatic rings. The van der Waals surface area contributed by atoms with Crippen molar-refractivity contribution < 1.29 is 8.83 Å². The molecule has 10 rings (SSSR count). The van der Waals surface area contributed by atoms with Crippen molar-refractivity contribution in [2.45, 2.75) is 0 Å². The van der Waals surface area contributed by atoms with E-state index in [1.54, 1.807) is 0 Å². The maximum atomic E-state index is 13.5. The Morgan fingerprint density at radius 3 is 2.04 bits per heavy atom. The van der Waals surface area contributed by atoms with Crippen LogP contribution in [0.3, 0.4) is 0 Å². The van der Waals surface area contributed by atoms with E-state index < -0.39 is 0 Å². The van der Waals surface area contributed by atoms with E-state index in [1.807, 2.05) is 54.6 Å². The molecule has 0 aliphatic rings. The van der Waals surface area contributed by atoms with Crippen LogP contribution in [0.5, 0.6) is 0 Å². The van der Waals surface area contributed by atoms with Crippen LogP contribution in [0, 0.1) is 0 Å². The standard InChI is InChI=1S/C45H27NO3/c47-45-38-25-31(34-13-8-16-42-44(34)37-12-5-7-15-41(37)48-42)22-23-35(38)36-24-21-30(27-43(36)49-45)28-17-19-29(20-18-28)40-26-32-9-4-6-14-39(32)46(40)33-10-2-1-3-11-33/h1-27H. The van der Waals surface area contributed by atoms with Gasteiger partial charge in [0.15, 0.2) is 0 Å². The maximum absolute atomic E-state index is 13.5. The van der Waals surface area contributed by atoms with Crippen LogP contribution in [-0.4, -0.2) is 4.57 Å². The first-order chi connectivity index (χ1) is 24.2. The molecule has 3 aromatic heterocycles. The Kier molecular flexibility index (Phi) is 5.99. The van der Waals surface area contributed by atoms with Crippen LogP contribution in [0.15, 0.2) is 177 Å². The van der Waals surface area contributed by atoms with Gasteiger partial charge in [-0.3, -0.25) is 0 Å². The summed E-state index contributed by atoms with van der Waals surface area (Å²) in [5, 5.41) is 5.62. The summed E-state index contributed by atoms with van der Waals surface area (Å²) >= 11 is 0. The zero-order valence-corrected chi connectivity index (χ0v) is 26.3. The quantitative estimate of drug-likeness (QED) is 0.144. The van der Waals surface area contributed by atoms with E-state index in [2.05, 4.69) is 114 Å². The summed E-state index contributed by atoms with van der Waals surface area (Å²) in [6.45, 7) is 0. The van der Waals surface area contributed by atoms with Crippen LogP contribution in [-0.2, 0) is 0 Å². The Morgan fingerprint density at radius 2 is 1.14 bits per heavy atom. The van der Waals surface area contributed by atoms with E-state index in [4.69, 9.17) is 8.83 Å². The zero-order valence-electron chi connectivity index (χ0n) is 26.3. The summed E-state index contributed by atoms with van der Waals surface area (Å²) in [5.41, 5.74) is 10.4. The first kappa shape index (κ1) is 27.5. The van der Waals surface area contributed by atoms with Gasteiger partial charge in [0.25, 0.3) is 0 Å². The van der Waals surface area contributed by atoms with Crippen molar-refractivity contribution in [2.75, 3.05) is 0 Å². The number of nitrogens with zero attached hydrogens (tertiary/aromatic N) is 1. The Hall–Kier alpha value is -6.65. The van der Waals surface area contributed by atoms with Crippen molar-refractivity contribution in [3.63, 3.8) is 0 Å². The molecular formula is C45H27NO3. The highest BCUT2D eigenvalue weighted by Crippen LogP contribution is 2.38. The van der Waals surface area contributed by atoms with Gasteiger partial charge in [-0.1, -0.05) is 109 Å². The van der Waals surface area contributed by atoms with Crippen molar-refractivity contribution in [3.8, 4) is 39.2 Å². The van der Waals surface area contributed by atoms with Crippen molar-refractivity contribution >= 4 is 54.6 Å². The molecule has 0 fully saturated rings. The number of hydrogen-bond donors (Lipinski definition) is 0. The minimum Gasteiger partial charge on any atom is -0.456 e. The second-order valence-electron chi connectivity index (χ2n) is 12.5. The average molecular weight is 630 g/mol. The number of rotatable bonds is 4. The van der Waals surface area contributed by atoms with Crippen LogP contribution in [0.25, 0.3) is 93.8 Å². The minimum absolute atomic E-state index is 0.352. The number of fused-ring (bicyclic) bond motifs is 7. The summed E-state index contributed by atoms with van der Waals surface area (Å²) in [6.07, 6.45) is 0. The van der Waals surface area contributed by atoms with Gasteiger partial charge in [0.2, 0.25) is 0 Å². The molecule has 0 aliphatic carbocycles. The van der Waals surface area contributed by atoms with Gasteiger partial charge in [0, 0.05) is 27.2 Å². The molecular weight excluding hydrogens is 602 g/mol. The molecule has 0 amide bonds. The van der Waals surface area contributed by atoms with Gasteiger partial charge in [-0.05, 0) is 87.8 Å². The summed E-state index contributed by atoms with van der Waals surface area (Å²) in [6, 6.07) is 56.1. The topological polar surface area (TPSA) is 48.3 Å². The highest BCUT2D eigenvalue weighted by atomic mass is 16.4. The van der Waals surface area contributed by atoms with Gasteiger partial charge in [-0.2, -0.15) is 0 Å². The van der Waals surface area contributed by atoms with Gasteiger partial charge in [-0.15, -0.1) is 0 Å². The third-order valence-corrected chi connectivity index (χ3v) is 9.67. The number of benzene rings is 7. The molecule has 4 heteroatoms. The largest absolute Gasteiger partial charge is 0.456 e. The average Bonchev–Trinajstić information content (AvgIpc) is 3.74. The summed E-state index contributed by atoms with van der Waals surface area (Å²) < 4.78 is 14.4. The second kappa shape index (κ2) is 10.7. The normalized spacial score (nSPS) is 11.8. The summed E-state index contributed by atoms with van der Waals surface area (Å²) in [4.78, 5) is 13.5. The fraction of sp³-hybridized carbons (Fsp3) is 0. The highest BCUT2D eigenvalue weighted by Gasteiger charge is 2.16. The zero-order chi connectivity index (χ0) is 32.5. The minimum atomic E-state index is -0.352. The smallest absolute Gasteiger partial charge is 0.344 e. The molecule has 0 spiro atoms.